The third kappa shape index (κ3) is 3.73. The summed E-state index contributed by atoms with van der Waals surface area (Å²) >= 11 is 0. The molecule has 0 radical (unpaired) electrons. The van der Waals surface area contributed by atoms with Crippen LogP contribution in [-0.2, 0) is 4.79 Å². The van der Waals surface area contributed by atoms with E-state index in [1.54, 1.807) is 6.20 Å². The molecular formula is C9H15N3O. The lowest BCUT2D eigenvalue weighted by atomic mass is 10.2. The van der Waals surface area contributed by atoms with Gasteiger partial charge in [-0.2, -0.15) is 0 Å². The second-order valence-corrected chi connectivity index (χ2v) is 3.14. The highest BCUT2D eigenvalue weighted by Crippen LogP contribution is 1.98. The van der Waals surface area contributed by atoms with Crippen LogP contribution in [0.4, 0.5) is 0 Å². The van der Waals surface area contributed by atoms with Crippen LogP contribution in [0.2, 0.25) is 0 Å². The first kappa shape index (κ1) is 9.77. The molecule has 0 saturated carbocycles. The zero-order chi connectivity index (χ0) is 9.68. The molecule has 0 saturated heterocycles. The van der Waals surface area contributed by atoms with Crippen LogP contribution in [-0.4, -0.2) is 36.7 Å². The largest absolute Gasteiger partial charge is 0.374 e. The summed E-state index contributed by atoms with van der Waals surface area (Å²) in [6.45, 7) is 3.06. The average molecular weight is 181 g/mol. The maximum atomic E-state index is 10.6. The number of hydrogen-bond donors (Lipinski definition) is 1. The van der Waals surface area contributed by atoms with E-state index in [4.69, 9.17) is 0 Å². The Bertz CT molecular complexity index is 245. The minimum absolute atomic E-state index is 0.0142. The van der Waals surface area contributed by atoms with Crippen molar-refractivity contribution in [3.05, 3.63) is 12.4 Å². The van der Waals surface area contributed by atoms with Gasteiger partial charge >= 0.3 is 0 Å². The van der Waals surface area contributed by atoms with Gasteiger partial charge in [0.05, 0.1) is 6.54 Å². The Morgan fingerprint density at radius 1 is 1.77 bits per heavy atom. The van der Waals surface area contributed by atoms with Crippen molar-refractivity contribution in [2.24, 2.45) is 4.99 Å². The smallest absolute Gasteiger partial charge is 0.216 e. The Balaban J connectivity index is 2.25. The zero-order valence-corrected chi connectivity index (χ0v) is 8.08. The first-order valence-corrected chi connectivity index (χ1v) is 4.35. The van der Waals surface area contributed by atoms with Crippen molar-refractivity contribution in [1.82, 2.24) is 10.2 Å². The van der Waals surface area contributed by atoms with Crippen LogP contribution in [0.3, 0.4) is 0 Å². The number of rotatable bonds is 3. The molecule has 4 heteroatoms. The lowest BCUT2D eigenvalue weighted by Gasteiger charge is -2.18. The van der Waals surface area contributed by atoms with Gasteiger partial charge in [0, 0.05) is 45.0 Å². The molecule has 1 rings (SSSR count). The number of nitrogens with one attached hydrogen (secondary N) is 1. The number of aliphatic imine (C=N–C) groups is 1. The minimum Gasteiger partial charge on any atom is -0.374 e. The van der Waals surface area contributed by atoms with Gasteiger partial charge in [-0.15, -0.1) is 0 Å². The van der Waals surface area contributed by atoms with E-state index in [-0.39, 0.29) is 5.91 Å². The van der Waals surface area contributed by atoms with Crippen molar-refractivity contribution in [1.29, 1.82) is 0 Å². The zero-order valence-electron chi connectivity index (χ0n) is 8.08. The molecule has 0 unspecified atom stereocenters. The predicted octanol–water partition coefficient (Wildman–Crippen LogP) is 0.370. The van der Waals surface area contributed by atoms with Gasteiger partial charge in [0.2, 0.25) is 5.91 Å². The fourth-order valence-corrected chi connectivity index (χ4v) is 1.16. The third-order valence-electron chi connectivity index (χ3n) is 1.80. The number of amides is 1. The van der Waals surface area contributed by atoms with Gasteiger partial charge < -0.3 is 10.2 Å². The molecule has 0 aliphatic carbocycles. The van der Waals surface area contributed by atoms with Gasteiger partial charge in [-0.05, 0) is 0 Å². The van der Waals surface area contributed by atoms with Gasteiger partial charge in [0.25, 0.3) is 0 Å². The SMILES string of the molecule is CC(=O)NCCC1=NC=CN(C)C1. The summed E-state index contributed by atoms with van der Waals surface area (Å²) in [6.07, 6.45) is 4.54. The standard InChI is InChI=1S/C9H15N3O/c1-8(13)10-4-3-9-7-12(2)6-5-11-9/h5-6H,3-4,7H2,1-2H3,(H,10,13). The Kier molecular flexibility index (Phi) is 3.49. The van der Waals surface area contributed by atoms with E-state index in [9.17, 15) is 4.79 Å². The first-order valence-electron chi connectivity index (χ1n) is 4.35. The molecule has 0 aromatic carbocycles. The summed E-state index contributed by atoms with van der Waals surface area (Å²) in [6, 6.07) is 0. The topological polar surface area (TPSA) is 44.7 Å². The van der Waals surface area contributed by atoms with Crippen molar-refractivity contribution in [3.8, 4) is 0 Å². The third-order valence-corrected chi connectivity index (χ3v) is 1.80. The van der Waals surface area contributed by atoms with E-state index in [0.717, 1.165) is 18.7 Å². The second kappa shape index (κ2) is 4.64. The van der Waals surface area contributed by atoms with Crippen molar-refractivity contribution >= 4 is 11.6 Å². The predicted molar refractivity (Wildman–Crippen MR) is 52.5 cm³/mol. The van der Waals surface area contributed by atoms with Gasteiger partial charge in [0.15, 0.2) is 0 Å². The number of carbonyl (C=O) groups excluding carboxylic acids is 1. The monoisotopic (exact) mass is 181 g/mol. The molecule has 0 spiro atoms. The van der Waals surface area contributed by atoms with Crippen molar-refractivity contribution in [2.75, 3.05) is 20.1 Å². The summed E-state index contributed by atoms with van der Waals surface area (Å²) in [5.41, 5.74) is 1.11. The molecule has 1 amide bonds. The molecule has 0 aromatic heterocycles. The quantitative estimate of drug-likeness (QED) is 0.683. The maximum Gasteiger partial charge on any atom is 0.216 e. The van der Waals surface area contributed by atoms with Crippen LogP contribution in [0.5, 0.6) is 0 Å². The molecule has 72 valence electrons. The number of nitrogens with zero attached hydrogens (tertiary/aromatic N) is 2. The molecule has 13 heavy (non-hydrogen) atoms. The van der Waals surface area contributed by atoms with E-state index in [1.807, 2.05) is 13.2 Å². The highest BCUT2D eigenvalue weighted by atomic mass is 16.1. The molecule has 0 atom stereocenters. The highest BCUT2D eigenvalue weighted by Gasteiger charge is 2.04. The van der Waals surface area contributed by atoms with Crippen LogP contribution in [0.15, 0.2) is 17.4 Å². The second-order valence-electron chi connectivity index (χ2n) is 3.14. The fraction of sp³-hybridized carbons (Fsp3) is 0.556. The van der Waals surface area contributed by atoms with Crippen molar-refractivity contribution in [2.45, 2.75) is 13.3 Å². The van der Waals surface area contributed by atoms with Crippen LogP contribution >= 0.6 is 0 Å². The molecule has 0 bridgehead atoms. The van der Waals surface area contributed by atoms with Crippen LogP contribution in [0.25, 0.3) is 0 Å². The summed E-state index contributed by atoms with van der Waals surface area (Å²) < 4.78 is 0. The Labute approximate surface area is 78.3 Å². The van der Waals surface area contributed by atoms with Gasteiger partial charge in [-0.25, -0.2) is 0 Å². The first-order chi connectivity index (χ1) is 6.18. The summed E-state index contributed by atoms with van der Waals surface area (Å²) in [5, 5.41) is 2.75. The normalized spacial score (nSPS) is 15.5. The molecule has 4 nitrogen and oxygen atoms in total. The van der Waals surface area contributed by atoms with Gasteiger partial charge in [-0.1, -0.05) is 0 Å². The van der Waals surface area contributed by atoms with Crippen LogP contribution in [0.1, 0.15) is 13.3 Å². The fourth-order valence-electron chi connectivity index (χ4n) is 1.16. The summed E-state index contributed by atoms with van der Waals surface area (Å²) in [4.78, 5) is 16.9. The van der Waals surface area contributed by atoms with E-state index in [2.05, 4.69) is 15.2 Å². The van der Waals surface area contributed by atoms with Gasteiger partial charge in [-0.3, -0.25) is 9.79 Å². The van der Waals surface area contributed by atoms with Crippen molar-refractivity contribution < 1.29 is 4.79 Å². The Morgan fingerprint density at radius 2 is 2.54 bits per heavy atom. The molecule has 1 N–H and O–H groups in total. The lowest BCUT2D eigenvalue weighted by molar-refractivity contribution is -0.118. The number of carbonyl (C=O) groups is 1. The molecule has 1 aliphatic heterocycles. The number of hydrogen-bond acceptors (Lipinski definition) is 3. The average Bonchev–Trinajstić information content (AvgIpc) is 2.03. The summed E-state index contributed by atoms with van der Waals surface area (Å²) in [7, 11) is 2.00. The molecule has 1 heterocycles. The van der Waals surface area contributed by atoms with E-state index in [1.165, 1.54) is 6.92 Å². The van der Waals surface area contributed by atoms with Crippen molar-refractivity contribution in [3.63, 3.8) is 0 Å². The van der Waals surface area contributed by atoms with Gasteiger partial charge in [0.1, 0.15) is 0 Å². The lowest BCUT2D eigenvalue weighted by Crippen LogP contribution is -2.28. The minimum atomic E-state index is 0.0142. The molecular weight excluding hydrogens is 166 g/mol. The summed E-state index contributed by atoms with van der Waals surface area (Å²) in [5.74, 6) is 0.0142. The highest BCUT2D eigenvalue weighted by molar-refractivity contribution is 5.88. The van der Waals surface area contributed by atoms with Crippen LogP contribution < -0.4 is 5.32 Å². The Hall–Kier alpha value is -1.32. The molecule has 1 aliphatic rings. The Morgan fingerprint density at radius 3 is 3.15 bits per heavy atom. The maximum absolute atomic E-state index is 10.6. The van der Waals surface area contributed by atoms with E-state index in [0.29, 0.717) is 6.54 Å². The molecule has 0 aromatic rings. The van der Waals surface area contributed by atoms with E-state index < -0.39 is 0 Å². The van der Waals surface area contributed by atoms with E-state index >= 15 is 0 Å². The molecule has 0 fully saturated rings. The van der Waals surface area contributed by atoms with Crippen LogP contribution in [0, 0.1) is 0 Å².